The second-order valence-electron chi connectivity index (χ2n) is 18.8. The predicted molar refractivity (Wildman–Crippen MR) is 290 cm³/mol. The van der Waals surface area contributed by atoms with Crippen molar-refractivity contribution in [1.29, 1.82) is 0 Å². The summed E-state index contributed by atoms with van der Waals surface area (Å²) in [6.07, 6.45) is 65.8. The molecule has 0 aromatic heterocycles. The van der Waals surface area contributed by atoms with Crippen molar-refractivity contribution in [1.82, 2.24) is 0 Å². The van der Waals surface area contributed by atoms with Gasteiger partial charge in [0.2, 0.25) is 0 Å². The van der Waals surface area contributed by atoms with Crippen LogP contribution in [-0.2, 0) is 33.3 Å². The van der Waals surface area contributed by atoms with Gasteiger partial charge in [-0.05, 0) is 96.3 Å². The molecule has 0 saturated heterocycles. The summed E-state index contributed by atoms with van der Waals surface area (Å²) in [6.45, 7) is 4.61. The van der Waals surface area contributed by atoms with Crippen LogP contribution in [0.25, 0.3) is 0 Å². The lowest BCUT2D eigenvalue weighted by atomic mass is 10.1. The molecule has 0 fully saturated rings. The van der Waals surface area contributed by atoms with E-state index in [4.69, 9.17) is 18.9 Å². The molecule has 0 rings (SSSR count). The van der Waals surface area contributed by atoms with E-state index in [2.05, 4.69) is 123 Å². The third-order valence-electron chi connectivity index (χ3n) is 11.0. The highest BCUT2D eigenvalue weighted by Gasteiger charge is 2.25. The molecule has 2 atom stereocenters. The smallest absolute Gasteiger partial charge is 0.361 e. The van der Waals surface area contributed by atoms with E-state index in [1.807, 2.05) is 21.1 Å². The number of ether oxygens (including phenoxy) is 4. The number of rotatable bonds is 48. The highest BCUT2D eigenvalue weighted by Crippen LogP contribution is 2.14. The van der Waals surface area contributed by atoms with Crippen molar-refractivity contribution in [2.24, 2.45) is 0 Å². The molecule has 0 bridgehead atoms. The van der Waals surface area contributed by atoms with Crippen molar-refractivity contribution < 1.29 is 42.9 Å². The molecule has 2 unspecified atom stereocenters. The second kappa shape index (κ2) is 50.3. The fraction of sp³-hybridized carbons (Fsp3) is 0.650. The largest absolute Gasteiger partial charge is 0.477 e. The first-order chi connectivity index (χ1) is 33.6. The molecule has 0 radical (unpaired) electrons. The van der Waals surface area contributed by atoms with E-state index in [0.29, 0.717) is 17.4 Å². The fourth-order valence-corrected chi connectivity index (χ4v) is 6.91. The van der Waals surface area contributed by atoms with Crippen LogP contribution in [0.3, 0.4) is 0 Å². The van der Waals surface area contributed by atoms with Crippen molar-refractivity contribution >= 4 is 17.9 Å². The zero-order valence-electron chi connectivity index (χ0n) is 44.4. The maximum absolute atomic E-state index is 12.9. The monoisotopic (exact) mass is 963 g/mol. The average Bonchev–Trinajstić information content (AvgIpc) is 3.31. The first kappa shape index (κ1) is 65.0. The van der Waals surface area contributed by atoms with Gasteiger partial charge in [-0.1, -0.05) is 194 Å². The van der Waals surface area contributed by atoms with E-state index in [1.54, 1.807) is 0 Å². The standard InChI is InChI=1S/C60H99NO8/c1-6-8-10-12-14-16-18-20-22-24-26-28-29-31-33-35-37-39-41-43-45-47-49-51-58(63)69-56(55-68-60(59(64)65)66-53-52-61(3,4)5)54-67-57(62)50-48-46-44-42-40-38-36-34-32-30-27-25-23-21-19-17-15-13-11-9-7-2/h8-11,14-17,20-23,26-28,30-31,33,56,60H,6-7,12-13,18-19,24-25,29,32,34-55H2,1-5H3/p+1/b10-8-,11-9-,16-14-,17-15-,22-20-,23-21-,28-26-,30-27-,33-31-. The summed E-state index contributed by atoms with van der Waals surface area (Å²) >= 11 is 0. The first-order valence-corrected chi connectivity index (χ1v) is 27.1. The van der Waals surface area contributed by atoms with Gasteiger partial charge in [0.1, 0.15) is 13.2 Å². The molecular formula is C60H100NO8+. The molecule has 392 valence electrons. The third-order valence-corrected chi connectivity index (χ3v) is 11.0. The molecule has 0 saturated carbocycles. The van der Waals surface area contributed by atoms with E-state index < -0.39 is 24.3 Å². The van der Waals surface area contributed by atoms with Gasteiger partial charge in [-0.25, -0.2) is 4.79 Å². The number of esters is 2. The summed E-state index contributed by atoms with van der Waals surface area (Å²) in [5.74, 6) is -2.04. The summed E-state index contributed by atoms with van der Waals surface area (Å²) in [7, 11) is 5.95. The highest BCUT2D eigenvalue weighted by atomic mass is 16.7. The Morgan fingerprint density at radius 1 is 0.435 bits per heavy atom. The van der Waals surface area contributed by atoms with Crippen molar-refractivity contribution in [2.75, 3.05) is 47.5 Å². The molecule has 0 aliphatic rings. The Morgan fingerprint density at radius 3 is 1.16 bits per heavy atom. The highest BCUT2D eigenvalue weighted by molar-refractivity contribution is 5.71. The van der Waals surface area contributed by atoms with Crippen LogP contribution in [0.15, 0.2) is 109 Å². The third kappa shape index (κ3) is 51.6. The molecule has 0 aliphatic heterocycles. The molecule has 0 amide bonds. The molecule has 69 heavy (non-hydrogen) atoms. The van der Waals surface area contributed by atoms with E-state index >= 15 is 0 Å². The van der Waals surface area contributed by atoms with Gasteiger partial charge in [0.05, 0.1) is 34.4 Å². The van der Waals surface area contributed by atoms with Crippen LogP contribution in [-0.4, -0.2) is 87.4 Å². The maximum Gasteiger partial charge on any atom is 0.361 e. The number of allylic oxidation sites excluding steroid dienone is 18. The van der Waals surface area contributed by atoms with Crippen LogP contribution in [0.5, 0.6) is 0 Å². The molecule has 0 aliphatic carbocycles. The van der Waals surface area contributed by atoms with Gasteiger partial charge < -0.3 is 28.5 Å². The number of hydrogen-bond acceptors (Lipinski definition) is 7. The van der Waals surface area contributed by atoms with E-state index in [1.165, 1.54) is 44.9 Å². The molecule has 1 N–H and O–H groups in total. The van der Waals surface area contributed by atoms with Crippen LogP contribution < -0.4 is 0 Å². The zero-order chi connectivity index (χ0) is 50.6. The Morgan fingerprint density at radius 2 is 0.783 bits per heavy atom. The molecule has 0 aromatic rings. The van der Waals surface area contributed by atoms with E-state index in [0.717, 1.165) is 116 Å². The van der Waals surface area contributed by atoms with Crippen LogP contribution in [0.2, 0.25) is 0 Å². The molecular weight excluding hydrogens is 863 g/mol. The SMILES string of the molecule is CC/C=C\C/C=C\C/C=C\C/C=C\C/C=C\CCCCCCCCCC(=O)OC(COC(=O)CCCCCCCCCC/C=C\C/C=C\C/C=C\C/C=C\CC)COC(OCC[N+](C)(C)C)C(=O)O. The Hall–Kier alpha value is -4.05. The fourth-order valence-electron chi connectivity index (χ4n) is 6.91. The van der Waals surface area contributed by atoms with Gasteiger partial charge in [-0.2, -0.15) is 0 Å². The number of unbranched alkanes of at least 4 members (excludes halogenated alkanes) is 15. The molecule has 0 spiro atoms. The summed E-state index contributed by atoms with van der Waals surface area (Å²) in [6, 6.07) is 0. The number of carboxylic acid groups (broad SMARTS) is 1. The minimum atomic E-state index is -1.52. The lowest BCUT2D eigenvalue weighted by Crippen LogP contribution is -2.40. The van der Waals surface area contributed by atoms with Gasteiger partial charge in [-0.3, -0.25) is 9.59 Å². The summed E-state index contributed by atoms with van der Waals surface area (Å²) in [5.41, 5.74) is 0. The number of carbonyl (C=O) groups is 3. The van der Waals surface area contributed by atoms with Crippen molar-refractivity contribution in [3.05, 3.63) is 109 Å². The summed E-state index contributed by atoms with van der Waals surface area (Å²) in [4.78, 5) is 37.4. The van der Waals surface area contributed by atoms with Crippen LogP contribution in [0, 0.1) is 0 Å². The minimum absolute atomic E-state index is 0.177. The Labute approximate surface area is 422 Å². The van der Waals surface area contributed by atoms with Crippen molar-refractivity contribution in [3.63, 3.8) is 0 Å². The topological polar surface area (TPSA) is 108 Å². The van der Waals surface area contributed by atoms with Crippen molar-refractivity contribution in [2.45, 2.75) is 206 Å². The first-order valence-electron chi connectivity index (χ1n) is 27.1. The van der Waals surface area contributed by atoms with Gasteiger partial charge in [-0.15, -0.1) is 0 Å². The van der Waals surface area contributed by atoms with E-state index in [-0.39, 0.29) is 38.6 Å². The quantitative estimate of drug-likeness (QED) is 0.0211. The molecule has 9 nitrogen and oxygen atoms in total. The molecule has 0 heterocycles. The van der Waals surface area contributed by atoms with Gasteiger partial charge in [0.25, 0.3) is 6.29 Å². The predicted octanol–water partition coefficient (Wildman–Crippen LogP) is 15.6. The zero-order valence-corrected chi connectivity index (χ0v) is 44.4. The Balaban J connectivity index is 4.37. The molecule has 9 heteroatoms. The van der Waals surface area contributed by atoms with Crippen LogP contribution in [0.4, 0.5) is 0 Å². The van der Waals surface area contributed by atoms with Crippen LogP contribution in [0.1, 0.15) is 194 Å². The molecule has 0 aromatic carbocycles. The normalized spacial score (nSPS) is 13.7. The van der Waals surface area contributed by atoms with Gasteiger partial charge in [0, 0.05) is 12.8 Å². The number of nitrogens with zero attached hydrogens (tertiary/aromatic N) is 1. The van der Waals surface area contributed by atoms with Gasteiger partial charge in [0.15, 0.2) is 6.10 Å². The lowest BCUT2D eigenvalue weighted by molar-refractivity contribution is -0.870. The average molecular weight is 963 g/mol. The Kier molecular flexibility index (Phi) is 47.4. The number of likely N-dealkylation sites (N-methyl/N-ethyl adjacent to an activating group) is 1. The number of aliphatic carboxylic acids is 1. The van der Waals surface area contributed by atoms with Crippen LogP contribution >= 0.6 is 0 Å². The second-order valence-corrected chi connectivity index (χ2v) is 18.8. The van der Waals surface area contributed by atoms with Gasteiger partial charge >= 0.3 is 17.9 Å². The maximum atomic E-state index is 12.9. The Bertz CT molecular complexity index is 1490. The van der Waals surface area contributed by atoms with Crippen molar-refractivity contribution in [3.8, 4) is 0 Å². The number of hydrogen-bond donors (Lipinski definition) is 1. The summed E-state index contributed by atoms with van der Waals surface area (Å²) in [5, 5.41) is 9.69. The summed E-state index contributed by atoms with van der Waals surface area (Å²) < 4.78 is 22.8. The lowest BCUT2D eigenvalue weighted by Gasteiger charge is -2.25. The number of carbonyl (C=O) groups excluding carboxylic acids is 2. The number of carboxylic acids is 1. The minimum Gasteiger partial charge on any atom is -0.477 e. The number of quaternary nitrogens is 1. The van der Waals surface area contributed by atoms with E-state index in [9.17, 15) is 19.5 Å².